The molecular formula is C16H18N2O4. The zero-order valence-corrected chi connectivity index (χ0v) is 12.6. The number of rotatable bonds is 7. The van der Waals surface area contributed by atoms with E-state index in [4.69, 9.17) is 14.0 Å². The summed E-state index contributed by atoms with van der Waals surface area (Å²) in [5, 5.41) is 3.88. The molecule has 0 amide bonds. The standard InChI is InChI=1S/C16H18N2O4/c1-4-8-20-12(3)16(19)21-10-14-17-15(18-22-14)13-7-5-6-11(2)9-13/h4-7,9,12H,1,8,10H2,2-3H3. The van der Waals surface area contributed by atoms with Gasteiger partial charge in [-0.1, -0.05) is 35.0 Å². The largest absolute Gasteiger partial charge is 0.454 e. The minimum Gasteiger partial charge on any atom is -0.454 e. The molecule has 0 saturated carbocycles. The zero-order valence-electron chi connectivity index (χ0n) is 12.6. The molecule has 0 aliphatic rings. The van der Waals surface area contributed by atoms with E-state index in [2.05, 4.69) is 16.7 Å². The van der Waals surface area contributed by atoms with E-state index in [-0.39, 0.29) is 19.1 Å². The number of esters is 1. The Hall–Kier alpha value is -2.47. The second-order valence-corrected chi connectivity index (χ2v) is 4.75. The second kappa shape index (κ2) is 7.51. The van der Waals surface area contributed by atoms with Gasteiger partial charge in [-0.15, -0.1) is 6.58 Å². The highest BCUT2D eigenvalue weighted by Crippen LogP contribution is 2.17. The molecular weight excluding hydrogens is 284 g/mol. The van der Waals surface area contributed by atoms with Crippen molar-refractivity contribution in [3.05, 3.63) is 48.4 Å². The van der Waals surface area contributed by atoms with Crippen LogP contribution in [-0.2, 0) is 20.9 Å². The number of benzene rings is 1. The number of nitrogens with zero attached hydrogens (tertiary/aromatic N) is 2. The fraction of sp³-hybridized carbons (Fsp3) is 0.312. The van der Waals surface area contributed by atoms with Crippen LogP contribution in [0, 0.1) is 6.92 Å². The lowest BCUT2D eigenvalue weighted by Crippen LogP contribution is -2.23. The lowest BCUT2D eigenvalue weighted by molar-refractivity contribution is -0.157. The molecule has 22 heavy (non-hydrogen) atoms. The molecule has 0 spiro atoms. The highest BCUT2D eigenvalue weighted by molar-refractivity contribution is 5.74. The quantitative estimate of drug-likeness (QED) is 0.578. The summed E-state index contributed by atoms with van der Waals surface area (Å²) in [6.45, 7) is 7.31. The van der Waals surface area contributed by atoms with Crippen molar-refractivity contribution < 1.29 is 18.8 Å². The predicted molar refractivity (Wildman–Crippen MR) is 79.9 cm³/mol. The fourth-order valence-electron chi connectivity index (χ4n) is 1.75. The fourth-order valence-corrected chi connectivity index (χ4v) is 1.75. The minimum atomic E-state index is -0.669. The molecule has 1 aromatic carbocycles. The van der Waals surface area contributed by atoms with Crippen LogP contribution in [-0.4, -0.2) is 28.8 Å². The molecule has 1 unspecified atom stereocenters. The number of hydrogen-bond donors (Lipinski definition) is 0. The summed E-state index contributed by atoms with van der Waals surface area (Å²) in [6, 6.07) is 7.74. The number of aromatic nitrogens is 2. The van der Waals surface area contributed by atoms with Gasteiger partial charge in [0.05, 0.1) is 6.61 Å². The Labute approximate surface area is 128 Å². The van der Waals surface area contributed by atoms with Crippen LogP contribution >= 0.6 is 0 Å². The summed E-state index contributed by atoms with van der Waals surface area (Å²) in [5.41, 5.74) is 1.95. The van der Waals surface area contributed by atoms with E-state index in [0.29, 0.717) is 5.82 Å². The van der Waals surface area contributed by atoms with Crippen LogP contribution in [0.5, 0.6) is 0 Å². The average molecular weight is 302 g/mol. The first kappa shape index (κ1) is 15.9. The normalized spacial score (nSPS) is 11.9. The maximum Gasteiger partial charge on any atom is 0.335 e. The van der Waals surface area contributed by atoms with Gasteiger partial charge in [0.15, 0.2) is 12.7 Å². The van der Waals surface area contributed by atoms with Gasteiger partial charge in [-0.2, -0.15) is 4.98 Å². The Morgan fingerprint density at radius 3 is 3.05 bits per heavy atom. The number of carbonyl (C=O) groups excluding carboxylic acids is 1. The molecule has 1 heterocycles. The maximum atomic E-state index is 11.7. The van der Waals surface area contributed by atoms with E-state index < -0.39 is 12.1 Å². The van der Waals surface area contributed by atoms with Crippen molar-refractivity contribution in [3.8, 4) is 11.4 Å². The zero-order chi connectivity index (χ0) is 15.9. The van der Waals surface area contributed by atoms with E-state index in [1.54, 1.807) is 13.0 Å². The molecule has 0 fully saturated rings. The van der Waals surface area contributed by atoms with Gasteiger partial charge in [0.1, 0.15) is 0 Å². The summed E-state index contributed by atoms with van der Waals surface area (Å²) in [4.78, 5) is 15.9. The van der Waals surface area contributed by atoms with Crippen LogP contribution in [0.3, 0.4) is 0 Å². The summed E-state index contributed by atoms with van der Waals surface area (Å²) in [6.07, 6.45) is 0.896. The first-order valence-electron chi connectivity index (χ1n) is 6.89. The van der Waals surface area contributed by atoms with Crippen molar-refractivity contribution in [2.24, 2.45) is 0 Å². The van der Waals surface area contributed by atoms with E-state index in [0.717, 1.165) is 11.1 Å². The van der Waals surface area contributed by atoms with Crippen LogP contribution in [0.4, 0.5) is 0 Å². The molecule has 0 bridgehead atoms. The Bertz CT molecular complexity index is 651. The van der Waals surface area contributed by atoms with Gasteiger partial charge >= 0.3 is 5.97 Å². The molecule has 6 heteroatoms. The molecule has 2 aromatic rings. The Kier molecular flexibility index (Phi) is 5.43. The van der Waals surface area contributed by atoms with Crippen molar-refractivity contribution in [2.45, 2.75) is 26.6 Å². The molecule has 0 aliphatic heterocycles. The molecule has 0 saturated heterocycles. The minimum absolute atomic E-state index is 0.0839. The van der Waals surface area contributed by atoms with Gasteiger partial charge in [0.2, 0.25) is 5.82 Å². The summed E-state index contributed by atoms with van der Waals surface area (Å²) < 4.78 is 15.3. The highest BCUT2D eigenvalue weighted by Gasteiger charge is 2.16. The first-order valence-corrected chi connectivity index (χ1v) is 6.89. The van der Waals surface area contributed by atoms with Crippen LogP contribution in [0.2, 0.25) is 0 Å². The van der Waals surface area contributed by atoms with Crippen LogP contribution in [0.25, 0.3) is 11.4 Å². The van der Waals surface area contributed by atoms with Crippen molar-refractivity contribution in [2.75, 3.05) is 6.61 Å². The first-order chi connectivity index (χ1) is 10.6. The third-order valence-corrected chi connectivity index (χ3v) is 2.88. The molecule has 1 aromatic heterocycles. The number of ether oxygens (including phenoxy) is 2. The third kappa shape index (κ3) is 4.26. The maximum absolute atomic E-state index is 11.7. The Balaban J connectivity index is 1.92. The van der Waals surface area contributed by atoms with Gasteiger partial charge in [-0.25, -0.2) is 4.79 Å². The number of aryl methyl sites for hydroxylation is 1. The third-order valence-electron chi connectivity index (χ3n) is 2.88. The topological polar surface area (TPSA) is 74.5 Å². The van der Waals surface area contributed by atoms with Crippen molar-refractivity contribution in [1.82, 2.24) is 10.1 Å². The van der Waals surface area contributed by atoms with Gasteiger partial charge in [0, 0.05) is 5.56 Å². The van der Waals surface area contributed by atoms with Crippen molar-refractivity contribution in [3.63, 3.8) is 0 Å². The van der Waals surface area contributed by atoms with Crippen LogP contribution < -0.4 is 0 Å². The summed E-state index contributed by atoms with van der Waals surface area (Å²) in [5.74, 6) is 0.212. The summed E-state index contributed by atoms with van der Waals surface area (Å²) >= 11 is 0. The average Bonchev–Trinajstić information content (AvgIpc) is 2.99. The lowest BCUT2D eigenvalue weighted by Gasteiger charge is -2.09. The van der Waals surface area contributed by atoms with E-state index in [9.17, 15) is 4.79 Å². The van der Waals surface area contributed by atoms with Crippen molar-refractivity contribution in [1.29, 1.82) is 0 Å². The molecule has 116 valence electrons. The van der Waals surface area contributed by atoms with Crippen LogP contribution in [0.1, 0.15) is 18.4 Å². The molecule has 0 radical (unpaired) electrons. The number of carbonyl (C=O) groups is 1. The monoisotopic (exact) mass is 302 g/mol. The molecule has 6 nitrogen and oxygen atoms in total. The molecule has 1 atom stereocenters. The Morgan fingerprint density at radius 2 is 2.32 bits per heavy atom. The van der Waals surface area contributed by atoms with Gasteiger partial charge in [0.25, 0.3) is 5.89 Å². The molecule has 0 aliphatic carbocycles. The van der Waals surface area contributed by atoms with E-state index in [1.165, 1.54) is 0 Å². The SMILES string of the molecule is C=CCOC(C)C(=O)OCc1nc(-c2cccc(C)c2)no1. The lowest BCUT2D eigenvalue weighted by atomic mass is 10.1. The van der Waals surface area contributed by atoms with Crippen molar-refractivity contribution >= 4 is 5.97 Å². The molecule has 0 N–H and O–H groups in total. The number of hydrogen-bond acceptors (Lipinski definition) is 6. The summed E-state index contributed by atoms with van der Waals surface area (Å²) in [7, 11) is 0. The smallest absolute Gasteiger partial charge is 0.335 e. The highest BCUT2D eigenvalue weighted by atomic mass is 16.6. The van der Waals surface area contributed by atoms with Gasteiger partial charge in [-0.05, 0) is 19.9 Å². The molecule has 2 rings (SSSR count). The van der Waals surface area contributed by atoms with Gasteiger partial charge in [-0.3, -0.25) is 0 Å². The second-order valence-electron chi connectivity index (χ2n) is 4.75. The van der Waals surface area contributed by atoms with E-state index in [1.807, 2.05) is 31.2 Å². The van der Waals surface area contributed by atoms with Crippen LogP contribution in [0.15, 0.2) is 41.4 Å². The van der Waals surface area contributed by atoms with E-state index >= 15 is 0 Å². The van der Waals surface area contributed by atoms with Gasteiger partial charge < -0.3 is 14.0 Å². The Morgan fingerprint density at radius 1 is 1.50 bits per heavy atom. The predicted octanol–water partition coefficient (Wildman–Crippen LogP) is 2.68.